The smallest absolute Gasteiger partial charge is 0.175 e. The quantitative estimate of drug-likeness (QED) is 0.584. The van der Waals surface area contributed by atoms with E-state index in [9.17, 15) is 14.0 Å². The molecular weight excluding hydrogens is 251 g/mol. The molecule has 19 heavy (non-hydrogen) atoms. The zero-order valence-corrected chi connectivity index (χ0v) is 10.4. The van der Waals surface area contributed by atoms with Crippen molar-refractivity contribution in [1.29, 1.82) is 0 Å². The third-order valence-corrected chi connectivity index (χ3v) is 3.12. The third kappa shape index (κ3) is 3.24. The van der Waals surface area contributed by atoms with Crippen LogP contribution in [0.1, 0.15) is 29.6 Å². The van der Waals surface area contributed by atoms with Crippen LogP contribution >= 0.6 is 0 Å². The number of carbonyl (C=O) groups excluding carboxylic acids is 2. The van der Waals surface area contributed by atoms with Gasteiger partial charge in [0.1, 0.15) is 12.1 Å². The zero-order chi connectivity index (χ0) is 13.7. The first-order valence-electron chi connectivity index (χ1n) is 6.16. The van der Waals surface area contributed by atoms with Crippen LogP contribution in [-0.2, 0) is 14.3 Å². The Morgan fingerprint density at radius 1 is 1.32 bits per heavy atom. The fourth-order valence-electron chi connectivity index (χ4n) is 2.11. The Balaban J connectivity index is 2.00. The largest absolute Gasteiger partial charge is 0.347 e. The van der Waals surface area contributed by atoms with Crippen LogP contribution < -0.4 is 0 Å². The highest BCUT2D eigenvalue weighted by Crippen LogP contribution is 2.28. The number of halogens is 1. The van der Waals surface area contributed by atoms with Crippen molar-refractivity contribution in [3.8, 4) is 0 Å². The molecule has 0 N–H and O–H groups in total. The fourth-order valence-corrected chi connectivity index (χ4v) is 2.11. The van der Waals surface area contributed by atoms with E-state index in [4.69, 9.17) is 9.47 Å². The van der Waals surface area contributed by atoms with Crippen molar-refractivity contribution in [2.45, 2.75) is 25.0 Å². The predicted molar refractivity (Wildman–Crippen MR) is 65.3 cm³/mol. The molecule has 0 aromatic heterocycles. The molecule has 4 nitrogen and oxygen atoms in total. The lowest BCUT2D eigenvalue weighted by molar-refractivity contribution is -0.167. The van der Waals surface area contributed by atoms with Crippen molar-refractivity contribution in [2.24, 2.45) is 0 Å². The third-order valence-electron chi connectivity index (χ3n) is 3.12. The number of rotatable bonds is 6. The minimum Gasteiger partial charge on any atom is -0.347 e. The first kappa shape index (κ1) is 13.8. The topological polar surface area (TPSA) is 52.6 Å². The molecule has 0 spiro atoms. The minimum absolute atomic E-state index is 0.0572. The van der Waals surface area contributed by atoms with Gasteiger partial charge in [-0.25, -0.2) is 4.39 Å². The van der Waals surface area contributed by atoms with Crippen molar-refractivity contribution >= 4 is 12.1 Å². The molecule has 0 saturated carbocycles. The van der Waals surface area contributed by atoms with E-state index in [1.54, 1.807) is 6.07 Å². The van der Waals surface area contributed by atoms with E-state index < -0.39 is 11.6 Å². The van der Waals surface area contributed by atoms with Gasteiger partial charge in [0.25, 0.3) is 0 Å². The number of carbonyl (C=O) groups is 2. The number of benzene rings is 1. The van der Waals surface area contributed by atoms with Crippen molar-refractivity contribution in [3.63, 3.8) is 0 Å². The maximum atomic E-state index is 13.4. The molecule has 2 rings (SSSR count). The lowest BCUT2D eigenvalue weighted by Gasteiger charge is -2.24. The van der Waals surface area contributed by atoms with Crippen molar-refractivity contribution in [1.82, 2.24) is 0 Å². The normalized spacial score (nSPS) is 17.3. The summed E-state index contributed by atoms with van der Waals surface area (Å²) in [4.78, 5) is 22.6. The van der Waals surface area contributed by atoms with E-state index in [2.05, 4.69) is 0 Å². The van der Waals surface area contributed by atoms with E-state index >= 15 is 0 Å². The van der Waals surface area contributed by atoms with Crippen LogP contribution in [0, 0.1) is 5.82 Å². The first-order valence-corrected chi connectivity index (χ1v) is 6.16. The highest BCUT2D eigenvalue weighted by atomic mass is 19.1. The summed E-state index contributed by atoms with van der Waals surface area (Å²) in [6.07, 6.45) is 1.12. The van der Waals surface area contributed by atoms with E-state index in [0.717, 1.165) is 0 Å². The molecule has 102 valence electrons. The summed E-state index contributed by atoms with van der Waals surface area (Å²) >= 11 is 0. The molecule has 1 aromatic carbocycles. The first-order chi connectivity index (χ1) is 9.17. The van der Waals surface area contributed by atoms with Crippen LogP contribution in [-0.4, -0.2) is 31.1 Å². The molecule has 0 aliphatic carbocycles. The highest BCUT2D eigenvalue weighted by molar-refractivity contribution is 5.96. The maximum Gasteiger partial charge on any atom is 0.175 e. The summed E-state index contributed by atoms with van der Waals surface area (Å²) in [6.45, 7) is 0.809. The van der Waals surface area contributed by atoms with Crippen molar-refractivity contribution < 1.29 is 23.5 Å². The number of ether oxygens (including phenoxy) is 2. The zero-order valence-electron chi connectivity index (χ0n) is 10.4. The summed E-state index contributed by atoms with van der Waals surface area (Å²) in [5.41, 5.74) is 0.0572. The molecule has 0 unspecified atom stereocenters. The summed E-state index contributed by atoms with van der Waals surface area (Å²) in [5, 5.41) is 0. The average molecular weight is 266 g/mol. The molecule has 0 radical (unpaired) electrons. The molecule has 0 amide bonds. The Morgan fingerprint density at radius 3 is 2.63 bits per heavy atom. The van der Waals surface area contributed by atoms with E-state index in [-0.39, 0.29) is 30.6 Å². The van der Waals surface area contributed by atoms with Crippen LogP contribution in [0.5, 0.6) is 0 Å². The van der Waals surface area contributed by atoms with Gasteiger partial charge in [0.2, 0.25) is 0 Å². The van der Waals surface area contributed by atoms with Crippen LogP contribution in [0.15, 0.2) is 24.3 Å². The Labute approximate surface area is 110 Å². The van der Waals surface area contributed by atoms with Gasteiger partial charge in [-0.3, -0.25) is 4.79 Å². The Hall–Kier alpha value is -1.59. The van der Waals surface area contributed by atoms with Crippen LogP contribution in [0.2, 0.25) is 0 Å². The second kappa shape index (κ2) is 6.04. The van der Waals surface area contributed by atoms with Gasteiger partial charge >= 0.3 is 0 Å². The molecule has 1 fully saturated rings. The van der Waals surface area contributed by atoms with Gasteiger partial charge in [-0.2, -0.15) is 0 Å². The summed E-state index contributed by atoms with van der Waals surface area (Å²) in [7, 11) is 0. The van der Waals surface area contributed by atoms with Gasteiger partial charge in [-0.15, -0.1) is 0 Å². The molecule has 1 aromatic rings. The van der Waals surface area contributed by atoms with Gasteiger partial charge in [-0.05, 0) is 12.1 Å². The lowest BCUT2D eigenvalue weighted by atomic mass is 10.0. The number of ketones is 1. The number of hydrogen-bond donors (Lipinski definition) is 0. The molecule has 1 aliphatic heterocycles. The number of aldehydes is 1. The van der Waals surface area contributed by atoms with Gasteiger partial charge in [-0.1, -0.05) is 12.1 Å². The van der Waals surface area contributed by atoms with Crippen LogP contribution in [0.3, 0.4) is 0 Å². The Morgan fingerprint density at radius 2 is 2.00 bits per heavy atom. The molecule has 1 saturated heterocycles. The molecule has 5 heteroatoms. The van der Waals surface area contributed by atoms with Gasteiger partial charge < -0.3 is 14.3 Å². The van der Waals surface area contributed by atoms with E-state index in [1.807, 2.05) is 0 Å². The van der Waals surface area contributed by atoms with Crippen molar-refractivity contribution in [3.05, 3.63) is 35.6 Å². The van der Waals surface area contributed by atoms with E-state index in [1.165, 1.54) is 18.2 Å². The minimum atomic E-state index is -1.01. The molecule has 1 aliphatic rings. The summed E-state index contributed by atoms with van der Waals surface area (Å²) < 4.78 is 24.2. The van der Waals surface area contributed by atoms with Crippen molar-refractivity contribution in [2.75, 3.05) is 13.2 Å². The molecule has 0 atom stereocenters. The monoisotopic (exact) mass is 266 g/mol. The standard InChI is InChI=1S/C14H15FO4/c15-12-4-2-1-3-11(12)13(17)5-6-14(7-8-16)18-9-10-19-14/h1-4,8H,5-7,9-10H2. The van der Waals surface area contributed by atoms with Gasteiger partial charge in [0, 0.05) is 12.8 Å². The van der Waals surface area contributed by atoms with Crippen LogP contribution in [0.4, 0.5) is 4.39 Å². The molecular formula is C14H15FO4. The SMILES string of the molecule is O=CCC1(CCC(=O)c2ccccc2F)OCCO1. The summed E-state index contributed by atoms with van der Waals surface area (Å²) in [5.74, 6) is -1.87. The summed E-state index contributed by atoms with van der Waals surface area (Å²) in [6, 6.07) is 5.83. The molecule has 0 bridgehead atoms. The maximum absolute atomic E-state index is 13.4. The predicted octanol–water partition coefficient (Wildman–Crippen LogP) is 2.12. The molecule has 1 heterocycles. The lowest BCUT2D eigenvalue weighted by Crippen LogP contribution is -2.31. The fraction of sp³-hybridized carbons (Fsp3) is 0.429. The number of Topliss-reactive ketones (excluding diaryl/α,β-unsaturated/α-hetero) is 1. The average Bonchev–Trinajstić information content (AvgIpc) is 2.86. The van der Waals surface area contributed by atoms with Gasteiger partial charge in [0.15, 0.2) is 11.6 Å². The Kier molecular flexibility index (Phi) is 4.39. The van der Waals surface area contributed by atoms with E-state index in [0.29, 0.717) is 19.5 Å². The number of hydrogen-bond acceptors (Lipinski definition) is 4. The second-order valence-corrected chi connectivity index (χ2v) is 4.38. The highest BCUT2D eigenvalue weighted by Gasteiger charge is 2.36. The second-order valence-electron chi connectivity index (χ2n) is 4.38. The van der Waals surface area contributed by atoms with Crippen LogP contribution in [0.25, 0.3) is 0 Å². The Bertz CT molecular complexity index is 466. The van der Waals surface area contributed by atoms with Gasteiger partial charge in [0.05, 0.1) is 25.2 Å².